The Hall–Kier alpha value is -2.66. The first-order valence-electron chi connectivity index (χ1n) is 7.65. The molecule has 25 heavy (non-hydrogen) atoms. The molecular weight excluding hydrogens is 385 g/mol. The summed E-state index contributed by atoms with van der Waals surface area (Å²) >= 11 is 3.36. The van der Waals surface area contributed by atoms with Crippen molar-refractivity contribution in [3.05, 3.63) is 94.2 Å². The van der Waals surface area contributed by atoms with Gasteiger partial charge in [-0.15, -0.1) is 0 Å². The first-order chi connectivity index (χ1) is 12.1. The molecular formula is C20H15BrFNO2. The lowest BCUT2D eigenvalue weighted by Gasteiger charge is -2.12. The van der Waals surface area contributed by atoms with Crippen molar-refractivity contribution < 1.29 is 13.9 Å². The second-order valence-electron chi connectivity index (χ2n) is 5.38. The first-order valence-corrected chi connectivity index (χ1v) is 8.44. The van der Waals surface area contributed by atoms with Crippen LogP contribution in [0.5, 0.6) is 5.75 Å². The molecule has 0 saturated carbocycles. The Labute approximate surface area is 153 Å². The molecule has 0 heterocycles. The molecule has 0 fully saturated rings. The van der Waals surface area contributed by atoms with Crippen LogP contribution in [0.1, 0.15) is 15.9 Å². The summed E-state index contributed by atoms with van der Waals surface area (Å²) < 4.78 is 19.8. The second-order valence-corrected chi connectivity index (χ2v) is 6.29. The predicted molar refractivity (Wildman–Crippen MR) is 99.3 cm³/mol. The van der Waals surface area contributed by atoms with Crippen molar-refractivity contribution in [3.63, 3.8) is 0 Å². The molecule has 3 aromatic carbocycles. The third-order valence-corrected chi connectivity index (χ3v) is 4.00. The van der Waals surface area contributed by atoms with Gasteiger partial charge in [0.1, 0.15) is 18.2 Å². The number of carbonyl (C=O) groups excluding carboxylic acids is 1. The molecule has 0 bridgehead atoms. The summed E-state index contributed by atoms with van der Waals surface area (Å²) in [6.07, 6.45) is 0. The van der Waals surface area contributed by atoms with Crippen molar-refractivity contribution in [2.24, 2.45) is 0 Å². The van der Waals surface area contributed by atoms with Crippen molar-refractivity contribution >= 4 is 27.5 Å². The summed E-state index contributed by atoms with van der Waals surface area (Å²) in [6, 6.07) is 20.7. The minimum Gasteiger partial charge on any atom is -0.488 e. The van der Waals surface area contributed by atoms with Gasteiger partial charge in [-0.3, -0.25) is 4.79 Å². The molecule has 0 aromatic heterocycles. The summed E-state index contributed by atoms with van der Waals surface area (Å²) in [6.45, 7) is 0.350. The Morgan fingerprint density at radius 3 is 2.56 bits per heavy atom. The summed E-state index contributed by atoms with van der Waals surface area (Å²) in [5, 5.41) is 2.69. The van der Waals surface area contributed by atoms with E-state index in [1.165, 1.54) is 12.1 Å². The quantitative estimate of drug-likeness (QED) is 0.621. The second kappa shape index (κ2) is 7.94. The Balaban J connectivity index is 1.79. The van der Waals surface area contributed by atoms with Gasteiger partial charge in [0.25, 0.3) is 5.91 Å². The normalized spacial score (nSPS) is 10.3. The number of benzene rings is 3. The highest BCUT2D eigenvalue weighted by Crippen LogP contribution is 2.25. The lowest BCUT2D eigenvalue weighted by molar-refractivity contribution is 0.102. The molecule has 0 radical (unpaired) electrons. The third-order valence-electron chi connectivity index (χ3n) is 3.51. The van der Waals surface area contributed by atoms with Gasteiger partial charge in [0, 0.05) is 10.2 Å². The number of hydrogen-bond donors (Lipinski definition) is 1. The minimum absolute atomic E-state index is 0.350. The van der Waals surface area contributed by atoms with Crippen molar-refractivity contribution in [2.75, 3.05) is 5.32 Å². The maximum absolute atomic E-state index is 13.3. The van der Waals surface area contributed by atoms with Crippen molar-refractivity contribution in [1.29, 1.82) is 0 Å². The fourth-order valence-electron chi connectivity index (χ4n) is 2.31. The van der Waals surface area contributed by atoms with Gasteiger partial charge in [-0.2, -0.15) is 0 Å². The minimum atomic E-state index is -0.410. The van der Waals surface area contributed by atoms with E-state index in [4.69, 9.17) is 4.74 Å². The Kier molecular flexibility index (Phi) is 5.46. The fraction of sp³-hybridized carbons (Fsp3) is 0.0500. The number of anilines is 1. The number of carbonyl (C=O) groups is 1. The average Bonchev–Trinajstić information content (AvgIpc) is 2.61. The maximum atomic E-state index is 13.3. The SMILES string of the molecule is O=C(Nc1cccc(F)c1)c1cc(Br)ccc1OCc1ccccc1. The molecule has 3 rings (SSSR count). The molecule has 0 atom stereocenters. The first kappa shape index (κ1) is 17.2. The highest BCUT2D eigenvalue weighted by atomic mass is 79.9. The zero-order chi connectivity index (χ0) is 17.6. The van der Waals surface area contributed by atoms with Gasteiger partial charge in [-0.05, 0) is 42.0 Å². The molecule has 3 nitrogen and oxygen atoms in total. The molecule has 3 aromatic rings. The lowest BCUT2D eigenvalue weighted by atomic mass is 10.1. The zero-order valence-electron chi connectivity index (χ0n) is 13.2. The topological polar surface area (TPSA) is 38.3 Å². The highest BCUT2D eigenvalue weighted by molar-refractivity contribution is 9.10. The molecule has 1 N–H and O–H groups in total. The number of nitrogens with one attached hydrogen (secondary N) is 1. The van der Waals surface area contributed by atoms with E-state index >= 15 is 0 Å². The van der Waals surface area contributed by atoms with Crippen LogP contribution in [0.3, 0.4) is 0 Å². The van der Waals surface area contributed by atoms with Crippen LogP contribution in [-0.4, -0.2) is 5.91 Å². The predicted octanol–water partition coefficient (Wildman–Crippen LogP) is 5.42. The van der Waals surface area contributed by atoms with E-state index in [-0.39, 0.29) is 5.91 Å². The van der Waals surface area contributed by atoms with Gasteiger partial charge in [0.2, 0.25) is 0 Å². The van der Waals surface area contributed by atoms with E-state index in [1.54, 1.807) is 30.3 Å². The van der Waals surface area contributed by atoms with Crippen LogP contribution in [0.25, 0.3) is 0 Å². The summed E-state index contributed by atoms with van der Waals surface area (Å²) in [4.78, 5) is 12.6. The van der Waals surface area contributed by atoms with E-state index in [1.807, 2.05) is 30.3 Å². The molecule has 1 amide bonds. The van der Waals surface area contributed by atoms with Crippen molar-refractivity contribution in [1.82, 2.24) is 0 Å². The van der Waals surface area contributed by atoms with Crippen LogP contribution < -0.4 is 10.1 Å². The van der Waals surface area contributed by atoms with Crippen LogP contribution in [0.4, 0.5) is 10.1 Å². The number of amides is 1. The van der Waals surface area contributed by atoms with Gasteiger partial charge in [-0.25, -0.2) is 4.39 Å². The number of rotatable bonds is 5. The van der Waals surface area contributed by atoms with Crippen LogP contribution >= 0.6 is 15.9 Å². The van der Waals surface area contributed by atoms with Gasteiger partial charge >= 0.3 is 0 Å². The van der Waals surface area contributed by atoms with Gasteiger partial charge < -0.3 is 10.1 Å². The van der Waals surface area contributed by atoms with E-state index in [2.05, 4.69) is 21.2 Å². The van der Waals surface area contributed by atoms with Gasteiger partial charge in [0.05, 0.1) is 5.56 Å². The third kappa shape index (κ3) is 4.67. The molecule has 0 aliphatic carbocycles. The largest absolute Gasteiger partial charge is 0.488 e. The van der Waals surface area contributed by atoms with E-state index in [0.717, 1.165) is 10.0 Å². The van der Waals surface area contributed by atoms with E-state index < -0.39 is 5.82 Å². The smallest absolute Gasteiger partial charge is 0.259 e. The molecule has 0 saturated heterocycles. The van der Waals surface area contributed by atoms with E-state index in [9.17, 15) is 9.18 Å². The van der Waals surface area contributed by atoms with Crippen LogP contribution in [0.15, 0.2) is 77.3 Å². The number of halogens is 2. The monoisotopic (exact) mass is 399 g/mol. The molecule has 126 valence electrons. The summed E-state index contributed by atoms with van der Waals surface area (Å²) in [7, 11) is 0. The number of ether oxygens (including phenoxy) is 1. The Morgan fingerprint density at radius 2 is 1.80 bits per heavy atom. The zero-order valence-corrected chi connectivity index (χ0v) is 14.8. The van der Waals surface area contributed by atoms with Crippen molar-refractivity contribution in [3.8, 4) is 5.75 Å². The van der Waals surface area contributed by atoms with Gasteiger partial charge in [-0.1, -0.05) is 52.3 Å². The summed E-state index contributed by atoms with van der Waals surface area (Å²) in [5.41, 5.74) is 1.76. The van der Waals surface area contributed by atoms with Crippen LogP contribution in [0, 0.1) is 5.82 Å². The molecule has 5 heteroatoms. The standard InChI is InChI=1S/C20H15BrFNO2/c21-15-9-10-19(25-13-14-5-2-1-3-6-14)18(11-15)20(24)23-17-8-4-7-16(22)12-17/h1-12H,13H2,(H,23,24). The van der Waals surface area contributed by atoms with Crippen LogP contribution in [0.2, 0.25) is 0 Å². The molecule has 0 aliphatic heterocycles. The Bertz CT molecular complexity index is 884. The van der Waals surface area contributed by atoms with Gasteiger partial charge in [0.15, 0.2) is 0 Å². The Morgan fingerprint density at radius 1 is 1.00 bits per heavy atom. The molecule has 0 aliphatic rings. The summed E-state index contributed by atoms with van der Waals surface area (Å²) in [5.74, 6) is -0.316. The van der Waals surface area contributed by atoms with E-state index in [0.29, 0.717) is 23.6 Å². The van der Waals surface area contributed by atoms with Crippen molar-refractivity contribution in [2.45, 2.75) is 6.61 Å². The molecule has 0 unspecified atom stereocenters. The number of hydrogen-bond acceptors (Lipinski definition) is 2. The highest BCUT2D eigenvalue weighted by Gasteiger charge is 2.14. The molecule has 0 spiro atoms. The fourth-order valence-corrected chi connectivity index (χ4v) is 2.67. The van der Waals surface area contributed by atoms with Crippen LogP contribution in [-0.2, 0) is 6.61 Å². The lowest BCUT2D eigenvalue weighted by Crippen LogP contribution is -2.14. The average molecular weight is 400 g/mol. The maximum Gasteiger partial charge on any atom is 0.259 e.